The van der Waals surface area contributed by atoms with E-state index in [0.29, 0.717) is 23.7 Å². The third kappa shape index (κ3) is 4.22. The van der Waals surface area contributed by atoms with Crippen molar-refractivity contribution in [1.29, 1.82) is 0 Å². The Hall–Kier alpha value is -1.63. The highest BCUT2D eigenvalue weighted by Crippen LogP contribution is 2.38. The van der Waals surface area contributed by atoms with Gasteiger partial charge in [-0.1, -0.05) is 19.0 Å². The second-order valence-electron chi connectivity index (χ2n) is 6.99. The number of hydrogen-bond acceptors (Lipinski definition) is 5. The number of nitrogens with one attached hydrogen (secondary N) is 2. The summed E-state index contributed by atoms with van der Waals surface area (Å²) in [4.78, 5) is 16.6. The minimum Gasteiger partial charge on any atom is -0.378 e. The zero-order valence-corrected chi connectivity index (χ0v) is 14.0. The number of carbonyl (C=O) groups excluding carboxylic acids is 1. The first-order valence-corrected chi connectivity index (χ1v) is 8.51. The second-order valence-corrected chi connectivity index (χ2v) is 6.99. The van der Waals surface area contributed by atoms with Crippen molar-refractivity contribution < 1.29 is 14.1 Å². The van der Waals surface area contributed by atoms with Crippen molar-refractivity contribution in [2.45, 2.75) is 64.6 Å². The third-order valence-electron chi connectivity index (χ3n) is 4.56. The van der Waals surface area contributed by atoms with Gasteiger partial charge in [-0.25, -0.2) is 4.79 Å². The molecule has 1 aliphatic carbocycles. The van der Waals surface area contributed by atoms with Gasteiger partial charge in [0.15, 0.2) is 5.82 Å². The number of nitrogens with zero attached hydrogens (tertiary/aromatic N) is 2. The fourth-order valence-electron chi connectivity index (χ4n) is 3.08. The molecule has 7 heteroatoms. The van der Waals surface area contributed by atoms with Crippen LogP contribution in [-0.2, 0) is 4.74 Å². The molecule has 23 heavy (non-hydrogen) atoms. The lowest BCUT2D eigenvalue weighted by Crippen LogP contribution is -2.48. The van der Waals surface area contributed by atoms with Crippen LogP contribution in [0.4, 0.5) is 4.79 Å². The summed E-state index contributed by atoms with van der Waals surface area (Å²) < 4.78 is 11.0. The maximum Gasteiger partial charge on any atom is 0.315 e. The molecule has 0 radical (unpaired) electrons. The number of hydrogen-bond donors (Lipinski definition) is 2. The minimum absolute atomic E-state index is 0.162. The summed E-state index contributed by atoms with van der Waals surface area (Å²) in [6, 6.07) is -0.289. The lowest BCUT2D eigenvalue weighted by molar-refractivity contribution is -0.00923. The Morgan fingerprint density at radius 1 is 1.30 bits per heavy atom. The first-order valence-electron chi connectivity index (χ1n) is 8.51. The molecule has 1 aliphatic heterocycles. The van der Waals surface area contributed by atoms with Gasteiger partial charge in [-0.05, 0) is 44.4 Å². The molecule has 2 amide bonds. The zero-order valence-electron chi connectivity index (χ0n) is 14.0. The van der Waals surface area contributed by atoms with Crippen LogP contribution in [0.2, 0.25) is 0 Å². The molecule has 0 bridgehead atoms. The average molecular weight is 322 g/mol. The second kappa shape index (κ2) is 6.86. The molecule has 0 spiro atoms. The van der Waals surface area contributed by atoms with Crippen LogP contribution >= 0.6 is 0 Å². The molecule has 1 aromatic rings. The number of carbonyl (C=O) groups is 1. The summed E-state index contributed by atoms with van der Waals surface area (Å²) in [5.41, 5.74) is 0. The molecule has 2 fully saturated rings. The smallest absolute Gasteiger partial charge is 0.315 e. The van der Waals surface area contributed by atoms with Gasteiger partial charge in [0, 0.05) is 12.6 Å². The van der Waals surface area contributed by atoms with Gasteiger partial charge in [-0.3, -0.25) is 0 Å². The molecule has 128 valence electrons. The number of urea groups is 1. The predicted molar refractivity (Wildman–Crippen MR) is 83.8 cm³/mol. The normalized spacial score (nSPS) is 26.1. The van der Waals surface area contributed by atoms with E-state index in [1.807, 2.05) is 13.8 Å². The first kappa shape index (κ1) is 16.2. The van der Waals surface area contributed by atoms with Crippen molar-refractivity contribution >= 4 is 6.03 Å². The molecule has 2 aliphatic rings. The maximum atomic E-state index is 12.3. The Kier molecular flexibility index (Phi) is 4.84. The topological polar surface area (TPSA) is 89.3 Å². The molecule has 0 unspecified atom stereocenters. The first-order chi connectivity index (χ1) is 11.0. The Bertz CT molecular complexity index is 541. The lowest BCUT2D eigenvalue weighted by Gasteiger charge is -2.31. The van der Waals surface area contributed by atoms with Crippen molar-refractivity contribution in [3.05, 3.63) is 11.7 Å². The van der Waals surface area contributed by atoms with E-state index in [9.17, 15) is 4.79 Å². The van der Waals surface area contributed by atoms with Crippen LogP contribution in [0.15, 0.2) is 4.52 Å². The number of ether oxygens (including phenoxy) is 1. The Morgan fingerprint density at radius 3 is 2.70 bits per heavy atom. The fourth-order valence-corrected chi connectivity index (χ4v) is 3.08. The minimum atomic E-state index is -0.282. The SMILES string of the molecule is Cc1noc([C@H](NC(=O)N[C@@H]2CCO[C@@H](C3CC3)C2)C(C)C)n1. The Balaban J connectivity index is 1.54. The zero-order chi connectivity index (χ0) is 16.4. The van der Waals surface area contributed by atoms with Gasteiger partial charge in [0.2, 0.25) is 5.89 Å². The number of amides is 2. The number of aryl methyl sites for hydroxylation is 1. The van der Waals surface area contributed by atoms with Gasteiger partial charge in [0.1, 0.15) is 6.04 Å². The molecular weight excluding hydrogens is 296 g/mol. The summed E-state index contributed by atoms with van der Waals surface area (Å²) >= 11 is 0. The molecule has 3 atom stereocenters. The van der Waals surface area contributed by atoms with Crippen LogP contribution in [0.3, 0.4) is 0 Å². The molecule has 1 saturated carbocycles. The van der Waals surface area contributed by atoms with Crippen molar-refractivity contribution in [3.8, 4) is 0 Å². The fraction of sp³-hybridized carbons (Fsp3) is 0.812. The number of aromatic nitrogens is 2. The van der Waals surface area contributed by atoms with E-state index in [-0.39, 0.29) is 24.0 Å². The van der Waals surface area contributed by atoms with E-state index < -0.39 is 0 Å². The summed E-state index contributed by atoms with van der Waals surface area (Å²) in [7, 11) is 0. The summed E-state index contributed by atoms with van der Waals surface area (Å²) in [5, 5.41) is 9.84. The quantitative estimate of drug-likeness (QED) is 0.868. The van der Waals surface area contributed by atoms with Crippen molar-refractivity contribution in [2.75, 3.05) is 6.61 Å². The monoisotopic (exact) mass is 322 g/mol. The van der Waals surface area contributed by atoms with Crippen LogP contribution in [0, 0.1) is 18.8 Å². The largest absolute Gasteiger partial charge is 0.378 e. The molecule has 2 heterocycles. The van der Waals surface area contributed by atoms with Gasteiger partial charge in [0.25, 0.3) is 0 Å². The molecule has 1 saturated heterocycles. The van der Waals surface area contributed by atoms with Crippen LogP contribution in [0.1, 0.15) is 57.3 Å². The Labute approximate surface area is 136 Å². The van der Waals surface area contributed by atoms with E-state index in [1.54, 1.807) is 6.92 Å². The maximum absolute atomic E-state index is 12.3. The van der Waals surface area contributed by atoms with Gasteiger partial charge in [0.05, 0.1) is 6.10 Å². The molecule has 2 N–H and O–H groups in total. The van der Waals surface area contributed by atoms with E-state index in [4.69, 9.17) is 9.26 Å². The Morgan fingerprint density at radius 2 is 2.09 bits per heavy atom. The lowest BCUT2D eigenvalue weighted by atomic mass is 10.00. The summed E-state index contributed by atoms with van der Waals surface area (Å²) in [5.74, 6) is 1.89. The van der Waals surface area contributed by atoms with Crippen molar-refractivity contribution in [2.24, 2.45) is 11.8 Å². The van der Waals surface area contributed by atoms with Gasteiger partial charge in [-0.2, -0.15) is 4.98 Å². The molecule has 1 aromatic heterocycles. The highest BCUT2D eigenvalue weighted by molar-refractivity contribution is 5.74. The summed E-state index contributed by atoms with van der Waals surface area (Å²) in [6.07, 6.45) is 4.60. The number of rotatable bonds is 5. The average Bonchev–Trinajstić information content (AvgIpc) is 3.27. The molecule has 0 aromatic carbocycles. The van der Waals surface area contributed by atoms with Crippen LogP contribution in [0.5, 0.6) is 0 Å². The predicted octanol–water partition coefficient (Wildman–Crippen LogP) is 2.33. The van der Waals surface area contributed by atoms with Gasteiger partial charge >= 0.3 is 6.03 Å². The van der Waals surface area contributed by atoms with Crippen LogP contribution in [-0.4, -0.2) is 34.9 Å². The van der Waals surface area contributed by atoms with E-state index in [1.165, 1.54) is 12.8 Å². The molecular formula is C16H26N4O3. The molecule has 3 rings (SSSR count). The van der Waals surface area contributed by atoms with Crippen LogP contribution in [0.25, 0.3) is 0 Å². The summed E-state index contributed by atoms with van der Waals surface area (Å²) in [6.45, 7) is 6.52. The third-order valence-corrected chi connectivity index (χ3v) is 4.56. The van der Waals surface area contributed by atoms with E-state index in [0.717, 1.165) is 19.4 Å². The van der Waals surface area contributed by atoms with Crippen molar-refractivity contribution in [1.82, 2.24) is 20.8 Å². The highest BCUT2D eigenvalue weighted by atomic mass is 16.5. The standard InChI is InChI=1S/C16H26N4O3/c1-9(2)14(15-17-10(3)20-23-15)19-16(21)18-12-6-7-22-13(8-12)11-4-5-11/h9,11-14H,4-8H2,1-3H3,(H2,18,19,21)/t12-,13-,14-/m1/s1. The van der Waals surface area contributed by atoms with Gasteiger partial charge < -0.3 is 19.9 Å². The van der Waals surface area contributed by atoms with E-state index >= 15 is 0 Å². The van der Waals surface area contributed by atoms with Crippen molar-refractivity contribution in [3.63, 3.8) is 0 Å². The molecule has 7 nitrogen and oxygen atoms in total. The van der Waals surface area contributed by atoms with Gasteiger partial charge in [-0.15, -0.1) is 0 Å². The van der Waals surface area contributed by atoms with E-state index in [2.05, 4.69) is 20.8 Å². The van der Waals surface area contributed by atoms with Crippen LogP contribution < -0.4 is 10.6 Å². The highest BCUT2D eigenvalue weighted by Gasteiger charge is 2.36.